The molecule has 2 aliphatic heterocycles. The number of fused-ring (bicyclic) bond motifs is 5. The Kier molecular flexibility index (Phi) is 4.83. The SMILES string of the molecule is Cc1cccc(N2C[C@H](C(=O)Oc3ccc(N4C(=O)[C@@H]5[C@H]6CC[C@@H](C6)[C@@H]5C4=O)cc3)CC2=O)c1. The van der Waals surface area contributed by atoms with Gasteiger partial charge in [-0.3, -0.25) is 24.1 Å². The number of hydrogen-bond donors (Lipinski definition) is 0. The average molecular weight is 459 g/mol. The molecule has 3 amide bonds. The van der Waals surface area contributed by atoms with Gasteiger partial charge in [0.1, 0.15) is 5.75 Å². The van der Waals surface area contributed by atoms with Crippen LogP contribution < -0.4 is 14.5 Å². The number of nitrogens with zero attached hydrogens (tertiary/aromatic N) is 2. The van der Waals surface area contributed by atoms with E-state index in [1.54, 1.807) is 29.2 Å². The van der Waals surface area contributed by atoms with Crippen LogP contribution in [-0.2, 0) is 19.2 Å². The first kappa shape index (κ1) is 21.1. The zero-order valence-corrected chi connectivity index (χ0v) is 19.0. The van der Waals surface area contributed by atoms with Crippen LogP contribution in [-0.4, -0.2) is 30.2 Å². The summed E-state index contributed by atoms with van der Waals surface area (Å²) in [5.74, 6) is -0.626. The number of ether oxygens (including phenoxy) is 1. The summed E-state index contributed by atoms with van der Waals surface area (Å²) in [4.78, 5) is 54.2. The van der Waals surface area contributed by atoms with Crippen LogP contribution in [0.3, 0.4) is 0 Å². The number of hydrogen-bond acceptors (Lipinski definition) is 5. The van der Waals surface area contributed by atoms with E-state index in [1.807, 2.05) is 31.2 Å². The van der Waals surface area contributed by atoms with Crippen LogP contribution in [0.4, 0.5) is 11.4 Å². The molecule has 0 spiro atoms. The van der Waals surface area contributed by atoms with Gasteiger partial charge >= 0.3 is 5.97 Å². The van der Waals surface area contributed by atoms with Crippen LogP contribution in [0.15, 0.2) is 48.5 Å². The predicted molar refractivity (Wildman–Crippen MR) is 124 cm³/mol. The highest BCUT2D eigenvalue weighted by Crippen LogP contribution is 2.56. The van der Waals surface area contributed by atoms with E-state index in [1.165, 1.54) is 4.90 Å². The monoisotopic (exact) mass is 458 g/mol. The predicted octanol–water partition coefficient (Wildman–Crippen LogP) is 3.49. The molecular formula is C27H26N2O5. The van der Waals surface area contributed by atoms with Crippen LogP contribution in [0, 0.1) is 36.5 Å². The molecule has 2 saturated heterocycles. The quantitative estimate of drug-likeness (QED) is 0.398. The molecule has 6 rings (SSSR count). The lowest BCUT2D eigenvalue weighted by Crippen LogP contribution is -2.32. The average Bonchev–Trinajstić information content (AvgIpc) is 3.58. The summed E-state index contributed by atoms with van der Waals surface area (Å²) in [5.41, 5.74) is 2.34. The van der Waals surface area contributed by atoms with Gasteiger partial charge < -0.3 is 9.64 Å². The lowest BCUT2D eigenvalue weighted by Gasteiger charge is -2.19. The summed E-state index contributed by atoms with van der Waals surface area (Å²) in [6.07, 6.45) is 3.18. The number of rotatable bonds is 4. The van der Waals surface area contributed by atoms with Gasteiger partial charge in [-0.15, -0.1) is 0 Å². The van der Waals surface area contributed by atoms with Crippen molar-refractivity contribution in [3.8, 4) is 5.75 Å². The molecule has 2 aromatic rings. The van der Waals surface area contributed by atoms with E-state index >= 15 is 0 Å². The molecule has 2 heterocycles. The molecule has 4 fully saturated rings. The Hall–Kier alpha value is -3.48. The molecular weight excluding hydrogens is 432 g/mol. The second-order valence-electron chi connectivity index (χ2n) is 10.1. The molecule has 2 aromatic carbocycles. The van der Waals surface area contributed by atoms with Crippen molar-refractivity contribution in [2.24, 2.45) is 29.6 Å². The van der Waals surface area contributed by atoms with Gasteiger partial charge in [0.05, 0.1) is 23.4 Å². The van der Waals surface area contributed by atoms with Gasteiger partial charge in [-0.25, -0.2) is 0 Å². The number of aryl methyl sites for hydroxylation is 1. The van der Waals surface area contributed by atoms with E-state index in [0.29, 0.717) is 23.3 Å². The second kappa shape index (κ2) is 7.79. The van der Waals surface area contributed by atoms with Crippen LogP contribution in [0.2, 0.25) is 0 Å². The van der Waals surface area contributed by atoms with E-state index < -0.39 is 11.9 Å². The highest BCUT2D eigenvalue weighted by molar-refractivity contribution is 6.22. The van der Waals surface area contributed by atoms with E-state index in [2.05, 4.69) is 0 Å². The fourth-order valence-electron chi connectivity index (χ4n) is 6.44. The molecule has 4 aliphatic rings. The number of esters is 1. The van der Waals surface area contributed by atoms with Gasteiger partial charge in [-0.05, 0) is 80.0 Å². The molecule has 0 N–H and O–H groups in total. The van der Waals surface area contributed by atoms with E-state index in [4.69, 9.17) is 4.74 Å². The molecule has 0 aromatic heterocycles. The van der Waals surface area contributed by atoms with Gasteiger partial charge in [0.25, 0.3) is 0 Å². The van der Waals surface area contributed by atoms with Gasteiger partial charge in [-0.2, -0.15) is 0 Å². The molecule has 0 unspecified atom stereocenters. The topological polar surface area (TPSA) is 84.0 Å². The number of carbonyl (C=O) groups excluding carboxylic acids is 4. The Bertz CT molecular complexity index is 1180. The van der Waals surface area contributed by atoms with E-state index in [9.17, 15) is 19.2 Å². The molecule has 7 heteroatoms. The maximum atomic E-state index is 13.0. The zero-order chi connectivity index (χ0) is 23.6. The molecule has 174 valence electrons. The van der Waals surface area contributed by atoms with Crippen LogP contribution >= 0.6 is 0 Å². The van der Waals surface area contributed by atoms with Gasteiger partial charge in [0.2, 0.25) is 17.7 Å². The lowest BCUT2D eigenvalue weighted by molar-refractivity contribution is -0.139. The lowest BCUT2D eigenvalue weighted by atomic mass is 9.81. The van der Waals surface area contributed by atoms with Crippen molar-refractivity contribution >= 4 is 35.1 Å². The summed E-state index contributed by atoms with van der Waals surface area (Å²) in [5, 5.41) is 0. The van der Waals surface area contributed by atoms with Crippen molar-refractivity contribution in [1.29, 1.82) is 0 Å². The Labute approximate surface area is 197 Å². The fraction of sp³-hybridized carbons (Fsp3) is 0.407. The molecule has 7 nitrogen and oxygen atoms in total. The first-order chi connectivity index (χ1) is 16.4. The largest absolute Gasteiger partial charge is 0.426 e. The third-order valence-corrected chi connectivity index (χ3v) is 8.01. The third kappa shape index (κ3) is 3.25. The Balaban J connectivity index is 1.12. The summed E-state index contributed by atoms with van der Waals surface area (Å²) in [7, 11) is 0. The summed E-state index contributed by atoms with van der Waals surface area (Å²) in [6.45, 7) is 2.24. The van der Waals surface area contributed by atoms with Crippen molar-refractivity contribution < 1.29 is 23.9 Å². The number of anilines is 2. The summed E-state index contributed by atoms with van der Waals surface area (Å²) >= 11 is 0. The smallest absolute Gasteiger partial charge is 0.316 e. The molecule has 2 bridgehead atoms. The van der Waals surface area contributed by atoms with Crippen LogP contribution in [0.25, 0.3) is 0 Å². The van der Waals surface area contributed by atoms with Crippen molar-refractivity contribution in [3.63, 3.8) is 0 Å². The number of amides is 3. The first-order valence-corrected chi connectivity index (χ1v) is 12.0. The maximum Gasteiger partial charge on any atom is 0.316 e. The first-order valence-electron chi connectivity index (χ1n) is 12.0. The molecule has 5 atom stereocenters. The van der Waals surface area contributed by atoms with Gasteiger partial charge in [0.15, 0.2) is 0 Å². The Morgan fingerprint density at radius 1 is 0.912 bits per heavy atom. The minimum absolute atomic E-state index is 0.0901. The normalized spacial score (nSPS) is 29.8. The number of benzene rings is 2. The third-order valence-electron chi connectivity index (χ3n) is 8.01. The van der Waals surface area contributed by atoms with Gasteiger partial charge in [0, 0.05) is 18.7 Å². The highest BCUT2D eigenvalue weighted by atomic mass is 16.5. The van der Waals surface area contributed by atoms with Crippen LogP contribution in [0.1, 0.15) is 31.2 Å². The molecule has 2 saturated carbocycles. The van der Waals surface area contributed by atoms with Crippen molar-refractivity contribution in [2.45, 2.75) is 32.6 Å². The van der Waals surface area contributed by atoms with Crippen LogP contribution in [0.5, 0.6) is 5.75 Å². The Morgan fingerprint density at radius 3 is 2.24 bits per heavy atom. The summed E-state index contributed by atoms with van der Waals surface area (Å²) < 4.78 is 5.54. The molecule has 0 radical (unpaired) electrons. The number of imide groups is 1. The maximum absolute atomic E-state index is 13.0. The van der Waals surface area contributed by atoms with Gasteiger partial charge in [-0.1, -0.05) is 12.1 Å². The molecule has 34 heavy (non-hydrogen) atoms. The van der Waals surface area contributed by atoms with Crippen molar-refractivity contribution in [1.82, 2.24) is 0 Å². The fourth-order valence-corrected chi connectivity index (χ4v) is 6.44. The van der Waals surface area contributed by atoms with E-state index in [-0.39, 0.29) is 42.5 Å². The zero-order valence-electron chi connectivity index (χ0n) is 19.0. The minimum atomic E-state index is -0.552. The standard InChI is InChI=1S/C27H26N2O5/c1-15-3-2-4-20(11-15)28-14-18(13-22(28)30)27(33)34-21-9-7-19(8-10-21)29-25(31)23-16-5-6-17(12-16)24(23)26(29)32/h2-4,7-11,16-18,23-24H,5-6,12-14H2,1H3/t16-,17-,18+,23-,24+/m0/s1. The van der Waals surface area contributed by atoms with E-state index in [0.717, 1.165) is 30.5 Å². The minimum Gasteiger partial charge on any atom is -0.426 e. The summed E-state index contributed by atoms with van der Waals surface area (Å²) in [6, 6.07) is 14.1. The Morgan fingerprint density at radius 2 is 1.59 bits per heavy atom. The van der Waals surface area contributed by atoms with Crippen molar-refractivity contribution in [3.05, 3.63) is 54.1 Å². The second-order valence-corrected chi connectivity index (χ2v) is 10.1. The molecule has 2 aliphatic carbocycles. The number of carbonyl (C=O) groups is 4. The highest BCUT2D eigenvalue weighted by Gasteiger charge is 2.61. The van der Waals surface area contributed by atoms with Crippen molar-refractivity contribution in [2.75, 3.05) is 16.3 Å².